The molecular weight excluding hydrogens is 293 g/mol. The van der Waals surface area contributed by atoms with Crippen LogP contribution >= 0.6 is 0 Å². The number of ether oxygens (including phenoxy) is 1. The zero-order valence-corrected chi connectivity index (χ0v) is 14.2. The first-order valence-electron chi connectivity index (χ1n) is 8.50. The molecule has 2 rings (SSSR count). The highest BCUT2D eigenvalue weighted by Crippen LogP contribution is 2.16. The molecule has 4 nitrogen and oxygen atoms in total. The van der Waals surface area contributed by atoms with Crippen LogP contribution in [0.1, 0.15) is 25.3 Å². The number of guanidine groups is 1. The molecule has 0 radical (unpaired) electrons. The van der Waals surface area contributed by atoms with Crippen molar-refractivity contribution in [1.29, 1.82) is 0 Å². The third-order valence-corrected chi connectivity index (χ3v) is 4.17. The van der Waals surface area contributed by atoms with Crippen LogP contribution in [0.25, 0.3) is 0 Å². The van der Waals surface area contributed by atoms with Crippen molar-refractivity contribution in [1.82, 2.24) is 10.2 Å². The van der Waals surface area contributed by atoms with Crippen LogP contribution in [0.2, 0.25) is 0 Å². The third-order valence-electron chi connectivity index (χ3n) is 4.17. The summed E-state index contributed by atoms with van der Waals surface area (Å²) in [7, 11) is 1.82. The van der Waals surface area contributed by atoms with Crippen molar-refractivity contribution >= 4 is 5.96 Å². The Bertz CT molecular complexity index is 507. The predicted molar refractivity (Wildman–Crippen MR) is 92.3 cm³/mol. The Labute approximate surface area is 138 Å². The monoisotopic (exact) mass is 321 g/mol. The number of halogens is 1. The van der Waals surface area contributed by atoms with Crippen LogP contribution in [-0.2, 0) is 11.2 Å². The van der Waals surface area contributed by atoms with E-state index in [2.05, 4.69) is 15.2 Å². The van der Waals surface area contributed by atoms with E-state index in [0.29, 0.717) is 5.92 Å². The number of nitrogens with zero attached hydrogens (tertiary/aromatic N) is 2. The minimum absolute atomic E-state index is 0.163. The summed E-state index contributed by atoms with van der Waals surface area (Å²) in [5, 5.41) is 3.41. The molecule has 1 N–H and O–H groups in total. The number of aryl methyl sites for hydroxylation is 1. The van der Waals surface area contributed by atoms with Gasteiger partial charge in [0.25, 0.3) is 0 Å². The van der Waals surface area contributed by atoms with Crippen LogP contribution in [0.3, 0.4) is 0 Å². The summed E-state index contributed by atoms with van der Waals surface area (Å²) in [5.74, 6) is 1.40. The molecule has 0 aliphatic carbocycles. The molecule has 1 aromatic rings. The quantitative estimate of drug-likeness (QED) is 0.477. The minimum atomic E-state index is -0.163. The molecule has 1 saturated heterocycles. The molecule has 1 aromatic carbocycles. The second kappa shape index (κ2) is 9.50. The Hall–Kier alpha value is -1.62. The fraction of sp³-hybridized carbons (Fsp3) is 0.611. The maximum absolute atomic E-state index is 13.1. The smallest absolute Gasteiger partial charge is 0.193 e. The number of aliphatic imine (C=N–C) groups is 1. The van der Waals surface area contributed by atoms with Gasteiger partial charge in [-0.15, -0.1) is 0 Å². The van der Waals surface area contributed by atoms with Crippen molar-refractivity contribution in [3.05, 3.63) is 35.6 Å². The van der Waals surface area contributed by atoms with Gasteiger partial charge in [0.2, 0.25) is 0 Å². The van der Waals surface area contributed by atoms with Gasteiger partial charge in [-0.1, -0.05) is 12.1 Å². The lowest BCUT2D eigenvalue weighted by atomic mass is 10.1. The van der Waals surface area contributed by atoms with Gasteiger partial charge in [-0.3, -0.25) is 4.99 Å². The molecule has 1 atom stereocenters. The lowest BCUT2D eigenvalue weighted by Crippen LogP contribution is -2.40. The average molecular weight is 321 g/mol. The van der Waals surface area contributed by atoms with Crippen LogP contribution in [-0.4, -0.2) is 50.8 Å². The van der Waals surface area contributed by atoms with Gasteiger partial charge in [0.05, 0.1) is 6.61 Å². The number of hydrogen-bond donors (Lipinski definition) is 1. The number of benzene rings is 1. The Morgan fingerprint density at radius 3 is 3.09 bits per heavy atom. The molecule has 1 aliphatic rings. The number of likely N-dealkylation sites (tertiary alicyclic amines) is 1. The van der Waals surface area contributed by atoms with Crippen LogP contribution < -0.4 is 5.32 Å². The summed E-state index contributed by atoms with van der Waals surface area (Å²) in [6.07, 6.45) is 2.98. The van der Waals surface area contributed by atoms with Gasteiger partial charge in [-0.05, 0) is 43.9 Å². The first-order valence-corrected chi connectivity index (χ1v) is 8.50. The zero-order valence-electron chi connectivity index (χ0n) is 14.2. The average Bonchev–Trinajstić information content (AvgIpc) is 3.02. The van der Waals surface area contributed by atoms with Crippen LogP contribution in [0.5, 0.6) is 0 Å². The molecule has 0 amide bonds. The molecule has 128 valence electrons. The summed E-state index contributed by atoms with van der Waals surface area (Å²) in [6.45, 7) is 6.53. The van der Waals surface area contributed by atoms with E-state index in [1.54, 1.807) is 12.1 Å². The van der Waals surface area contributed by atoms with Crippen molar-refractivity contribution < 1.29 is 9.13 Å². The summed E-state index contributed by atoms with van der Waals surface area (Å²) in [5.41, 5.74) is 1.04. The van der Waals surface area contributed by atoms with Crippen molar-refractivity contribution in [2.24, 2.45) is 10.9 Å². The number of rotatable bonds is 7. The van der Waals surface area contributed by atoms with E-state index in [0.717, 1.165) is 63.6 Å². The summed E-state index contributed by atoms with van der Waals surface area (Å²) < 4.78 is 18.7. The maximum Gasteiger partial charge on any atom is 0.193 e. The molecule has 1 heterocycles. The molecule has 1 unspecified atom stereocenters. The van der Waals surface area contributed by atoms with Gasteiger partial charge in [0.15, 0.2) is 5.96 Å². The van der Waals surface area contributed by atoms with Crippen molar-refractivity contribution in [3.63, 3.8) is 0 Å². The van der Waals surface area contributed by atoms with Gasteiger partial charge in [-0.2, -0.15) is 0 Å². The lowest BCUT2D eigenvalue weighted by Gasteiger charge is -2.21. The lowest BCUT2D eigenvalue weighted by molar-refractivity contribution is 0.114. The molecule has 5 heteroatoms. The van der Waals surface area contributed by atoms with E-state index in [-0.39, 0.29) is 5.82 Å². The summed E-state index contributed by atoms with van der Waals surface area (Å²) in [4.78, 5) is 6.67. The highest BCUT2D eigenvalue weighted by molar-refractivity contribution is 5.80. The first kappa shape index (κ1) is 17.7. The highest BCUT2D eigenvalue weighted by atomic mass is 19.1. The molecule has 1 fully saturated rings. The summed E-state index contributed by atoms with van der Waals surface area (Å²) in [6, 6.07) is 6.82. The van der Waals surface area contributed by atoms with Crippen molar-refractivity contribution in [2.75, 3.05) is 39.9 Å². The molecule has 0 aromatic heterocycles. The van der Waals surface area contributed by atoms with E-state index >= 15 is 0 Å². The van der Waals surface area contributed by atoms with E-state index < -0.39 is 0 Å². The molecule has 0 spiro atoms. The standard InChI is InChI=1S/C18H28FN3O/c1-3-23-14-16-9-11-22(13-16)18(20-2)21-10-5-7-15-6-4-8-17(19)12-15/h4,6,8,12,16H,3,5,7,9-11,13-14H2,1-2H3,(H,20,21). The van der Waals surface area contributed by atoms with Gasteiger partial charge in [-0.25, -0.2) is 4.39 Å². The third kappa shape index (κ3) is 5.82. The molecule has 1 aliphatic heterocycles. The Kier molecular flexibility index (Phi) is 7.33. The predicted octanol–water partition coefficient (Wildman–Crippen LogP) is 2.69. The number of hydrogen-bond acceptors (Lipinski definition) is 2. The first-order chi connectivity index (χ1) is 11.2. The normalized spacial score (nSPS) is 18.5. The maximum atomic E-state index is 13.1. The largest absolute Gasteiger partial charge is 0.381 e. The fourth-order valence-corrected chi connectivity index (χ4v) is 2.96. The van der Waals surface area contributed by atoms with E-state index in [9.17, 15) is 4.39 Å². The van der Waals surface area contributed by atoms with Gasteiger partial charge in [0, 0.05) is 39.2 Å². The fourth-order valence-electron chi connectivity index (χ4n) is 2.96. The molecular formula is C18H28FN3O. The topological polar surface area (TPSA) is 36.9 Å². The van der Waals surface area contributed by atoms with Crippen LogP contribution in [0.4, 0.5) is 4.39 Å². The SMILES string of the molecule is CCOCC1CCN(C(=NC)NCCCc2cccc(F)c2)C1. The van der Waals surface area contributed by atoms with Crippen molar-refractivity contribution in [3.8, 4) is 0 Å². The second-order valence-corrected chi connectivity index (χ2v) is 5.97. The summed E-state index contributed by atoms with van der Waals surface area (Å²) >= 11 is 0. The van der Waals surface area contributed by atoms with E-state index in [1.807, 2.05) is 20.0 Å². The molecule has 0 saturated carbocycles. The zero-order chi connectivity index (χ0) is 16.5. The van der Waals surface area contributed by atoms with Crippen molar-refractivity contribution in [2.45, 2.75) is 26.2 Å². The van der Waals surface area contributed by atoms with E-state index in [4.69, 9.17) is 4.74 Å². The highest BCUT2D eigenvalue weighted by Gasteiger charge is 2.24. The minimum Gasteiger partial charge on any atom is -0.381 e. The second-order valence-electron chi connectivity index (χ2n) is 5.97. The van der Waals surface area contributed by atoms with Crippen LogP contribution in [0, 0.1) is 11.7 Å². The van der Waals surface area contributed by atoms with Gasteiger partial charge < -0.3 is 15.0 Å². The Morgan fingerprint density at radius 2 is 2.35 bits per heavy atom. The number of nitrogens with one attached hydrogen (secondary N) is 1. The Morgan fingerprint density at radius 1 is 1.48 bits per heavy atom. The molecule has 0 bridgehead atoms. The van der Waals surface area contributed by atoms with Gasteiger partial charge >= 0.3 is 0 Å². The van der Waals surface area contributed by atoms with E-state index in [1.165, 1.54) is 6.07 Å². The van der Waals surface area contributed by atoms with Crippen LogP contribution in [0.15, 0.2) is 29.3 Å². The Balaban J connectivity index is 1.69. The molecule has 23 heavy (non-hydrogen) atoms. The van der Waals surface area contributed by atoms with Gasteiger partial charge in [0.1, 0.15) is 5.82 Å².